The van der Waals surface area contributed by atoms with Crippen LogP contribution in [-0.2, 0) is 6.54 Å². The van der Waals surface area contributed by atoms with E-state index in [1.165, 1.54) is 0 Å². The lowest BCUT2D eigenvalue weighted by molar-refractivity contribution is 0.0775. The molecule has 4 nitrogen and oxygen atoms in total. The van der Waals surface area contributed by atoms with E-state index < -0.39 is 0 Å². The zero-order valence-corrected chi connectivity index (χ0v) is 13.2. The maximum Gasteiger partial charge on any atom is 0.254 e. The summed E-state index contributed by atoms with van der Waals surface area (Å²) in [6, 6.07) is 15.3. The van der Waals surface area contributed by atoms with Gasteiger partial charge in [-0.3, -0.25) is 4.79 Å². The second-order valence-electron chi connectivity index (χ2n) is 5.86. The van der Waals surface area contributed by atoms with Crippen molar-refractivity contribution in [1.29, 1.82) is 0 Å². The molecule has 0 spiro atoms. The van der Waals surface area contributed by atoms with E-state index in [0.717, 1.165) is 54.9 Å². The fourth-order valence-electron chi connectivity index (χ4n) is 2.83. The first-order valence-electron chi connectivity index (χ1n) is 8.09. The molecule has 2 aromatic rings. The average Bonchev–Trinajstić information content (AvgIpc) is 2.89. The van der Waals surface area contributed by atoms with E-state index in [1.54, 1.807) is 0 Å². The highest BCUT2D eigenvalue weighted by Crippen LogP contribution is 2.22. The molecule has 2 N–H and O–H groups in total. The fraction of sp³-hybridized carbons (Fsp3) is 0.316. The summed E-state index contributed by atoms with van der Waals surface area (Å²) in [5.41, 5.74) is 8.38. The Morgan fingerprint density at radius 2 is 1.78 bits per heavy atom. The van der Waals surface area contributed by atoms with Crippen LogP contribution in [0.5, 0.6) is 5.75 Å². The number of unbranched alkanes of at least 4 members (excludes halogenated alkanes) is 2. The van der Waals surface area contributed by atoms with E-state index in [0.29, 0.717) is 6.61 Å². The van der Waals surface area contributed by atoms with Crippen LogP contribution < -0.4 is 10.5 Å². The van der Waals surface area contributed by atoms with Crippen molar-refractivity contribution in [3.8, 4) is 5.75 Å². The number of benzene rings is 2. The van der Waals surface area contributed by atoms with Crippen molar-refractivity contribution in [3.63, 3.8) is 0 Å². The number of nitrogens with zero attached hydrogens (tertiary/aromatic N) is 1. The maximum absolute atomic E-state index is 12.2. The van der Waals surface area contributed by atoms with Gasteiger partial charge in [0.15, 0.2) is 0 Å². The molecule has 0 atom stereocenters. The molecular formula is C19H22N2O2. The molecule has 0 aliphatic carbocycles. The molecule has 0 fully saturated rings. The molecule has 0 bridgehead atoms. The van der Waals surface area contributed by atoms with Crippen LogP contribution in [0, 0.1) is 0 Å². The highest BCUT2D eigenvalue weighted by molar-refractivity contribution is 5.98. The topological polar surface area (TPSA) is 55.6 Å². The molecule has 23 heavy (non-hydrogen) atoms. The molecule has 4 heteroatoms. The quantitative estimate of drug-likeness (QED) is 0.629. The van der Waals surface area contributed by atoms with Gasteiger partial charge in [0, 0.05) is 24.3 Å². The molecular weight excluding hydrogens is 288 g/mol. The Kier molecular flexibility index (Phi) is 4.81. The van der Waals surface area contributed by atoms with Crippen molar-refractivity contribution in [3.05, 3.63) is 59.7 Å². The molecule has 0 saturated heterocycles. The minimum Gasteiger partial charge on any atom is -0.494 e. The van der Waals surface area contributed by atoms with Crippen molar-refractivity contribution >= 4 is 11.6 Å². The second-order valence-corrected chi connectivity index (χ2v) is 5.86. The van der Waals surface area contributed by atoms with Crippen LogP contribution >= 0.6 is 0 Å². The van der Waals surface area contributed by atoms with Crippen molar-refractivity contribution in [1.82, 2.24) is 4.90 Å². The summed E-state index contributed by atoms with van der Waals surface area (Å²) in [7, 11) is 0. The maximum atomic E-state index is 12.2. The van der Waals surface area contributed by atoms with Crippen molar-refractivity contribution < 1.29 is 9.53 Å². The van der Waals surface area contributed by atoms with E-state index in [-0.39, 0.29) is 5.91 Å². The van der Waals surface area contributed by atoms with Gasteiger partial charge in [0.2, 0.25) is 0 Å². The molecule has 0 unspecified atom stereocenters. The van der Waals surface area contributed by atoms with E-state index in [2.05, 4.69) is 0 Å². The van der Waals surface area contributed by atoms with Gasteiger partial charge >= 0.3 is 0 Å². The number of rotatable bonds is 7. The molecule has 1 aliphatic rings. The predicted octanol–water partition coefficient (Wildman–Crippen LogP) is 3.47. The fourth-order valence-corrected chi connectivity index (χ4v) is 2.83. The van der Waals surface area contributed by atoms with Gasteiger partial charge in [-0.15, -0.1) is 0 Å². The van der Waals surface area contributed by atoms with Gasteiger partial charge in [0.05, 0.1) is 6.61 Å². The Hall–Kier alpha value is -2.49. The summed E-state index contributed by atoms with van der Waals surface area (Å²) in [5.74, 6) is 1.02. The molecule has 3 rings (SSSR count). The van der Waals surface area contributed by atoms with Crippen LogP contribution in [0.3, 0.4) is 0 Å². The van der Waals surface area contributed by atoms with Gasteiger partial charge in [0.25, 0.3) is 5.91 Å². The first-order valence-corrected chi connectivity index (χ1v) is 8.09. The third kappa shape index (κ3) is 3.83. The highest BCUT2D eigenvalue weighted by atomic mass is 16.5. The Morgan fingerprint density at radius 3 is 2.57 bits per heavy atom. The number of carbonyl (C=O) groups excluding carboxylic acids is 1. The van der Waals surface area contributed by atoms with Crippen LogP contribution in [0.4, 0.5) is 5.69 Å². The Balaban J connectivity index is 1.33. The number of carbonyl (C=O) groups is 1. The summed E-state index contributed by atoms with van der Waals surface area (Å²) in [4.78, 5) is 14.2. The van der Waals surface area contributed by atoms with E-state index >= 15 is 0 Å². The van der Waals surface area contributed by atoms with Crippen LogP contribution in [0.15, 0.2) is 48.5 Å². The minimum absolute atomic E-state index is 0.165. The normalized spacial score (nSPS) is 13.2. The largest absolute Gasteiger partial charge is 0.494 e. The first kappa shape index (κ1) is 15.4. The summed E-state index contributed by atoms with van der Waals surface area (Å²) in [6.07, 6.45) is 3.04. The number of nitrogen functional groups attached to an aromatic ring is 1. The second kappa shape index (κ2) is 7.18. The first-order chi connectivity index (χ1) is 11.2. The predicted molar refractivity (Wildman–Crippen MR) is 91.4 cm³/mol. The van der Waals surface area contributed by atoms with Crippen molar-refractivity contribution in [2.75, 3.05) is 18.9 Å². The number of amides is 1. The van der Waals surface area contributed by atoms with E-state index in [1.807, 2.05) is 53.4 Å². The van der Waals surface area contributed by atoms with Crippen LogP contribution in [-0.4, -0.2) is 24.0 Å². The zero-order valence-electron chi connectivity index (χ0n) is 13.2. The van der Waals surface area contributed by atoms with Crippen LogP contribution in [0.1, 0.15) is 35.2 Å². The molecule has 0 radical (unpaired) electrons. The van der Waals surface area contributed by atoms with Crippen LogP contribution in [0.25, 0.3) is 0 Å². The third-order valence-electron chi connectivity index (χ3n) is 4.12. The zero-order chi connectivity index (χ0) is 16.1. The number of nitrogens with two attached hydrogens (primary N) is 1. The van der Waals surface area contributed by atoms with Gasteiger partial charge in [-0.2, -0.15) is 0 Å². The molecule has 2 aromatic carbocycles. The molecule has 120 valence electrons. The molecule has 1 amide bonds. The summed E-state index contributed by atoms with van der Waals surface area (Å²) in [5, 5.41) is 0. The van der Waals surface area contributed by atoms with Gasteiger partial charge in [0.1, 0.15) is 5.75 Å². The molecule has 0 saturated carbocycles. The number of fused-ring (bicyclic) bond motifs is 1. The SMILES string of the molecule is Nc1ccc(OCCCCCN2Cc3ccccc3C2=O)cc1. The van der Waals surface area contributed by atoms with Crippen molar-refractivity contribution in [2.24, 2.45) is 0 Å². The van der Waals surface area contributed by atoms with Gasteiger partial charge in [-0.05, 0) is 55.2 Å². The molecule has 0 aromatic heterocycles. The van der Waals surface area contributed by atoms with Gasteiger partial charge in [-0.1, -0.05) is 18.2 Å². The summed E-state index contributed by atoms with van der Waals surface area (Å²) >= 11 is 0. The van der Waals surface area contributed by atoms with Gasteiger partial charge in [-0.25, -0.2) is 0 Å². The van der Waals surface area contributed by atoms with E-state index in [4.69, 9.17) is 10.5 Å². The standard InChI is InChI=1S/C19H22N2O2/c20-16-8-10-17(11-9-16)23-13-5-1-4-12-21-14-15-6-2-3-7-18(15)19(21)22/h2-3,6-11H,1,4-5,12-14,20H2. The number of ether oxygens (including phenoxy) is 1. The number of hydrogen-bond acceptors (Lipinski definition) is 3. The molecule has 1 aliphatic heterocycles. The lowest BCUT2D eigenvalue weighted by atomic mass is 10.1. The average molecular weight is 310 g/mol. The smallest absolute Gasteiger partial charge is 0.254 e. The minimum atomic E-state index is 0.165. The number of hydrogen-bond donors (Lipinski definition) is 1. The third-order valence-corrected chi connectivity index (χ3v) is 4.12. The van der Waals surface area contributed by atoms with E-state index in [9.17, 15) is 4.79 Å². The summed E-state index contributed by atoms with van der Waals surface area (Å²) < 4.78 is 5.67. The Labute approximate surface area is 136 Å². The molecule has 1 heterocycles. The monoisotopic (exact) mass is 310 g/mol. The lowest BCUT2D eigenvalue weighted by Gasteiger charge is -2.15. The Morgan fingerprint density at radius 1 is 1.00 bits per heavy atom. The number of anilines is 1. The van der Waals surface area contributed by atoms with Gasteiger partial charge < -0.3 is 15.4 Å². The van der Waals surface area contributed by atoms with Crippen LogP contribution in [0.2, 0.25) is 0 Å². The lowest BCUT2D eigenvalue weighted by Crippen LogP contribution is -2.25. The van der Waals surface area contributed by atoms with Crippen molar-refractivity contribution in [2.45, 2.75) is 25.8 Å². The summed E-state index contributed by atoms with van der Waals surface area (Å²) in [6.45, 7) is 2.25. The Bertz CT molecular complexity index is 667. The highest BCUT2D eigenvalue weighted by Gasteiger charge is 2.25.